The number of fused-ring (bicyclic) bond motifs is 2. The smallest absolute Gasteiger partial charge is 0.325 e. The minimum absolute atomic E-state index is 0.168. The van der Waals surface area contributed by atoms with E-state index in [9.17, 15) is 9.59 Å². The SMILES string of the molecule is C[C@]1(c2cccc3ccccc23)NC(=O)N(Cc2ccc3c(c2)OCO3)C1=O. The van der Waals surface area contributed by atoms with Gasteiger partial charge in [-0.2, -0.15) is 0 Å². The number of benzene rings is 3. The van der Waals surface area contributed by atoms with Crippen LogP contribution >= 0.6 is 0 Å². The molecule has 3 aromatic rings. The van der Waals surface area contributed by atoms with Gasteiger partial charge in [-0.25, -0.2) is 4.79 Å². The average molecular weight is 374 g/mol. The van der Waals surface area contributed by atoms with Crippen LogP contribution in [0.25, 0.3) is 10.8 Å². The van der Waals surface area contributed by atoms with Crippen molar-refractivity contribution in [1.82, 2.24) is 10.2 Å². The molecule has 0 aromatic heterocycles. The van der Waals surface area contributed by atoms with E-state index in [0.717, 1.165) is 21.9 Å². The molecular formula is C22H18N2O4. The van der Waals surface area contributed by atoms with Gasteiger partial charge in [0.1, 0.15) is 5.54 Å². The number of amides is 3. The molecule has 0 saturated carbocycles. The van der Waals surface area contributed by atoms with Crippen LogP contribution in [0.15, 0.2) is 60.7 Å². The first kappa shape index (κ1) is 16.6. The summed E-state index contributed by atoms with van der Waals surface area (Å²) in [4.78, 5) is 27.2. The lowest BCUT2D eigenvalue weighted by molar-refractivity contribution is -0.131. The summed E-state index contributed by atoms with van der Waals surface area (Å²) in [5, 5.41) is 4.87. The van der Waals surface area contributed by atoms with Crippen molar-refractivity contribution in [2.75, 3.05) is 6.79 Å². The Morgan fingerprint density at radius 1 is 1.00 bits per heavy atom. The molecule has 0 unspecified atom stereocenters. The molecule has 2 aliphatic heterocycles. The van der Waals surface area contributed by atoms with Gasteiger partial charge in [-0.3, -0.25) is 9.69 Å². The van der Waals surface area contributed by atoms with Crippen LogP contribution in [0.2, 0.25) is 0 Å². The number of carbonyl (C=O) groups excluding carboxylic acids is 2. The van der Waals surface area contributed by atoms with Gasteiger partial charge in [0.15, 0.2) is 11.5 Å². The third-order valence-electron chi connectivity index (χ3n) is 5.38. The Kier molecular flexibility index (Phi) is 3.55. The van der Waals surface area contributed by atoms with Gasteiger partial charge in [0.05, 0.1) is 6.54 Å². The molecule has 0 spiro atoms. The van der Waals surface area contributed by atoms with Crippen molar-refractivity contribution >= 4 is 22.7 Å². The number of rotatable bonds is 3. The highest BCUT2D eigenvalue weighted by molar-refractivity contribution is 6.09. The Labute approximate surface area is 161 Å². The zero-order valence-corrected chi connectivity index (χ0v) is 15.3. The van der Waals surface area contributed by atoms with E-state index < -0.39 is 11.6 Å². The summed E-state index contributed by atoms with van der Waals surface area (Å²) < 4.78 is 10.7. The first-order valence-corrected chi connectivity index (χ1v) is 9.07. The average Bonchev–Trinajstić information content (AvgIpc) is 3.26. The predicted octanol–water partition coefficient (Wildman–Crippen LogP) is 3.54. The van der Waals surface area contributed by atoms with Gasteiger partial charge in [0.2, 0.25) is 6.79 Å². The molecule has 140 valence electrons. The van der Waals surface area contributed by atoms with Crippen molar-refractivity contribution in [1.29, 1.82) is 0 Å². The van der Waals surface area contributed by atoms with Crippen LogP contribution in [-0.4, -0.2) is 23.6 Å². The van der Waals surface area contributed by atoms with Crippen molar-refractivity contribution in [3.8, 4) is 11.5 Å². The van der Waals surface area contributed by atoms with Crippen LogP contribution in [0.3, 0.4) is 0 Å². The van der Waals surface area contributed by atoms with Gasteiger partial charge < -0.3 is 14.8 Å². The highest BCUT2D eigenvalue weighted by Crippen LogP contribution is 2.36. The highest BCUT2D eigenvalue weighted by Gasteiger charge is 2.49. The van der Waals surface area contributed by atoms with Crippen molar-refractivity contribution in [2.45, 2.75) is 19.0 Å². The number of ether oxygens (including phenoxy) is 2. The van der Waals surface area contributed by atoms with E-state index in [2.05, 4.69) is 5.32 Å². The molecule has 0 aliphatic carbocycles. The maximum Gasteiger partial charge on any atom is 0.325 e. The van der Waals surface area contributed by atoms with Crippen LogP contribution in [0, 0.1) is 0 Å². The maximum absolute atomic E-state index is 13.3. The zero-order chi connectivity index (χ0) is 19.3. The molecular weight excluding hydrogens is 356 g/mol. The molecule has 0 radical (unpaired) electrons. The highest BCUT2D eigenvalue weighted by atomic mass is 16.7. The van der Waals surface area contributed by atoms with Crippen LogP contribution in [0.5, 0.6) is 11.5 Å². The van der Waals surface area contributed by atoms with E-state index in [0.29, 0.717) is 11.5 Å². The van der Waals surface area contributed by atoms with Crippen molar-refractivity contribution < 1.29 is 19.1 Å². The van der Waals surface area contributed by atoms with Crippen LogP contribution < -0.4 is 14.8 Å². The summed E-state index contributed by atoms with van der Waals surface area (Å²) in [7, 11) is 0. The number of carbonyl (C=O) groups is 2. The normalized spacial score (nSPS) is 20.7. The molecule has 1 atom stereocenters. The summed E-state index contributed by atoms with van der Waals surface area (Å²) in [5.41, 5.74) is 0.473. The van der Waals surface area contributed by atoms with Crippen LogP contribution in [0.1, 0.15) is 18.1 Å². The quantitative estimate of drug-likeness (QED) is 0.712. The molecule has 0 bridgehead atoms. The molecule has 1 fully saturated rings. The molecule has 1 saturated heterocycles. The van der Waals surface area contributed by atoms with E-state index in [1.807, 2.05) is 48.5 Å². The lowest BCUT2D eigenvalue weighted by Gasteiger charge is -2.24. The summed E-state index contributed by atoms with van der Waals surface area (Å²) in [6, 6.07) is 18.7. The Bertz CT molecular complexity index is 1120. The summed E-state index contributed by atoms with van der Waals surface area (Å²) >= 11 is 0. The van der Waals surface area contributed by atoms with E-state index in [-0.39, 0.29) is 19.2 Å². The van der Waals surface area contributed by atoms with Gasteiger partial charge in [-0.05, 0) is 41.0 Å². The molecule has 6 heteroatoms. The van der Waals surface area contributed by atoms with Crippen molar-refractivity contribution in [2.24, 2.45) is 0 Å². The van der Waals surface area contributed by atoms with E-state index in [1.165, 1.54) is 4.90 Å². The molecule has 5 rings (SSSR count). The third kappa shape index (κ3) is 2.41. The number of hydrogen-bond donors (Lipinski definition) is 1. The molecule has 2 aliphatic rings. The Morgan fingerprint density at radius 2 is 1.79 bits per heavy atom. The van der Waals surface area contributed by atoms with Crippen LogP contribution in [-0.2, 0) is 16.9 Å². The minimum Gasteiger partial charge on any atom is -0.454 e. The topological polar surface area (TPSA) is 67.9 Å². The van der Waals surface area contributed by atoms with E-state index in [1.54, 1.807) is 19.1 Å². The second-order valence-corrected chi connectivity index (χ2v) is 7.16. The van der Waals surface area contributed by atoms with Crippen LogP contribution in [0.4, 0.5) is 4.79 Å². The van der Waals surface area contributed by atoms with Gasteiger partial charge in [-0.15, -0.1) is 0 Å². The summed E-state index contributed by atoms with van der Waals surface area (Å²) in [6.07, 6.45) is 0. The van der Waals surface area contributed by atoms with E-state index in [4.69, 9.17) is 9.47 Å². The predicted molar refractivity (Wildman–Crippen MR) is 103 cm³/mol. The fourth-order valence-corrected chi connectivity index (χ4v) is 3.91. The molecule has 3 amide bonds. The number of nitrogens with zero attached hydrogens (tertiary/aromatic N) is 1. The zero-order valence-electron chi connectivity index (χ0n) is 15.3. The molecule has 2 heterocycles. The first-order valence-electron chi connectivity index (χ1n) is 9.07. The Hall–Kier alpha value is -3.54. The number of nitrogens with one attached hydrogen (secondary N) is 1. The Morgan fingerprint density at radius 3 is 2.68 bits per heavy atom. The lowest BCUT2D eigenvalue weighted by Crippen LogP contribution is -2.41. The molecule has 1 N–H and O–H groups in total. The summed E-state index contributed by atoms with van der Waals surface area (Å²) in [6.45, 7) is 2.11. The monoisotopic (exact) mass is 374 g/mol. The number of hydrogen-bond acceptors (Lipinski definition) is 4. The number of imide groups is 1. The van der Waals surface area contributed by atoms with Gasteiger partial charge in [0.25, 0.3) is 5.91 Å². The number of urea groups is 1. The van der Waals surface area contributed by atoms with E-state index >= 15 is 0 Å². The van der Waals surface area contributed by atoms with Gasteiger partial charge in [-0.1, -0.05) is 48.5 Å². The largest absolute Gasteiger partial charge is 0.454 e. The molecule has 6 nitrogen and oxygen atoms in total. The third-order valence-corrected chi connectivity index (χ3v) is 5.38. The Balaban J connectivity index is 1.50. The maximum atomic E-state index is 13.3. The molecule has 28 heavy (non-hydrogen) atoms. The standard InChI is InChI=1S/C22H18N2O4/c1-22(17-8-4-6-15-5-2-3-7-16(15)17)20(25)24(21(26)23-22)12-14-9-10-18-19(11-14)28-13-27-18/h2-11H,12-13H2,1H3,(H,23,26)/t22-/m1/s1. The van der Waals surface area contributed by atoms with Crippen molar-refractivity contribution in [3.63, 3.8) is 0 Å². The lowest BCUT2D eigenvalue weighted by atomic mass is 9.88. The minimum atomic E-state index is -1.12. The summed E-state index contributed by atoms with van der Waals surface area (Å²) in [5.74, 6) is 1.02. The fraction of sp³-hybridized carbons (Fsp3) is 0.182. The first-order chi connectivity index (χ1) is 13.6. The van der Waals surface area contributed by atoms with Crippen molar-refractivity contribution in [3.05, 3.63) is 71.8 Å². The molecule has 3 aromatic carbocycles. The van der Waals surface area contributed by atoms with Gasteiger partial charge >= 0.3 is 6.03 Å². The van der Waals surface area contributed by atoms with Gasteiger partial charge in [0, 0.05) is 0 Å². The fourth-order valence-electron chi connectivity index (χ4n) is 3.91. The second-order valence-electron chi connectivity index (χ2n) is 7.16. The second kappa shape index (κ2) is 5.99.